The average Bonchev–Trinajstić information content (AvgIpc) is 2.68. The molecule has 2 aromatic carbocycles. The molecule has 0 radical (unpaired) electrons. The summed E-state index contributed by atoms with van der Waals surface area (Å²) in [5.74, 6) is -0.525. The van der Waals surface area contributed by atoms with Crippen LogP contribution in [0.25, 0.3) is 0 Å². The van der Waals surface area contributed by atoms with Crippen molar-refractivity contribution >= 4 is 17.5 Å². The number of likely N-dealkylation sites (N-methyl/N-ethyl adjacent to an activating group) is 1. The van der Waals surface area contributed by atoms with Crippen molar-refractivity contribution in [1.29, 1.82) is 0 Å². The van der Waals surface area contributed by atoms with Crippen LogP contribution in [0.4, 0.5) is 5.69 Å². The third kappa shape index (κ3) is 4.49. The lowest BCUT2D eigenvalue weighted by molar-refractivity contribution is -0.145. The van der Waals surface area contributed by atoms with Crippen molar-refractivity contribution in [2.75, 3.05) is 25.5 Å². The number of ether oxygens (including phenoxy) is 1. The van der Waals surface area contributed by atoms with E-state index in [-0.39, 0.29) is 30.4 Å². The first-order valence-electron chi connectivity index (χ1n) is 8.91. The Morgan fingerprint density at radius 1 is 1.08 bits per heavy atom. The van der Waals surface area contributed by atoms with Crippen LogP contribution in [0.2, 0.25) is 0 Å². The molecule has 136 valence electrons. The lowest BCUT2D eigenvalue weighted by Gasteiger charge is -2.33. The Balaban J connectivity index is 1.63. The number of nitrogens with zero attached hydrogens (tertiary/aromatic N) is 1. The van der Waals surface area contributed by atoms with Gasteiger partial charge in [0.1, 0.15) is 0 Å². The average molecular weight is 352 g/mol. The van der Waals surface area contributed by atoms with Gasteiger partial charge in [0.05, 0.1) is 18.6 Å². The van der Waals surface area contributed by atoms with Crippen molar-refractivity contribution in [3.05, 3.63) is 66.2 Å². The standard InChI is InChI=1S/C21H24N2O3/c1-23(15-19(24)22-17-11-6-3-7-12-17)21(25)18-13-8-14-26-20(18)16-9-4-2-5-10-16/h2-7,9-12,18,20H,8,13-15H2,1H3,(H,22,24)/t18-,20-/m0/s1. The lowest BCUT2D eigenvalue weighted by Crippen LogP contribution is -2.42. The summed E-state index contributed by atoms with van der Waals surface area (Å²) >= 11 is 0. The number of rotatable bonds is 5. The quantitative estimate of drug-likeness (QED) is 0.899. The second-order valence-electron chi connectivity index (χ2n) is 6.56. The molecule has 2 aromatic rings. The molecule has 2 amide bonds. The Morgan fingerprint density at radius 2 is 1.73 bits per heavy atom. The number of hydrogen-bond acceptors (Lipinski definition) is 3. The maximum atomic E-state index is 12.9. The summed E-state index contributed by atoms with van der Waals surface area (Å²) < 4.78 is 5.90. The van der Waals surface area contributed by atoms with Gasteiger partial charge in [0.15, 0.2) is 0 Å². The number of carbonyl (C=O) groups is 2. The number of anilines is 1. The molecule has 2 atom stereocenters. The molecule has 3 rings (SSSR count). The monoisotopic (exact) mass is 352 g/mol. The van der Waals surface area contributed by atoms with E-state index in [1.807, 2.05) is 60.7 Å². The number of nitrogens with one attached hydrogen (secondary N) is 1. The van der Waals surface area contributed by atoms with Crippen molar-refractivity contribution < 1.29 is 14.3 Å². The highest BCUT2D eigenvalue weighted by Gasteiger charge is 2.35. The first-order chi connectivity index (χ1) is 12.6. The zero-order valence-corrected chi connectivity index (χ0v) is 14.9. The van der Waals surface area contributed by atoms with Gasteiger partial charge in [0, 0.05) is 19.3 Å². The van der Waals surface area contributed by atoms with Gasteiger partial charge >= 0.3 is 0 Å². The molecular formula is C21H24N2O3. The lowest BCUT2D eigenvalue weighted by atomic mass is 9.88. The molecule has 1 aliphatic heterocycles. The number of benzene rings is 2. The molecule has 5 heteroatoms. The third-order valence-corrected chi connectivity index (χ3v) is 4.58. The zero-order valence-electron chi connectivity index (χ0n) is 14.9. The molecule has 0 unspecified atom stereocenters. The largest absolute Gasteiger partial charge is 0.373 e. The fraction of sp³-hybridized carbons (Fsp3) is 0.333. The van der Waals surface area contributed by atoms with E-state index in [0.29, 0.717) is 6.61 Å². The van der Waals surface area contributed by atoms with Crippen LogP contribution in [0.1, 0.15) is 24.5 Å². The van der Waals surface area contributed by atoms with Gasteiger partial charge in [0.25, 0.3) is 0 Å². The SMILES string of the molecule is CN(CC(=O)Nc1ccccc1)C(=O)[C@H]1CCCO[C@H]1c1ccccc1. The van der Waals surface area contributed by atoms with Gasteiger partial charge in [-0.05, 0) is 30.5 Å². The normalized spacial score (nSPS) is 19.6. The van der Waals surface area contributed by atoms with Crippen LogP contribution in [0.15, 0.2) is 60.7 Å². The van der Waals surface area contributed by atoms with Gasteiger partial charge in [0.2, 0.25) is 11.8 Å². The summed E-state index contributed by atoms with van der Waals surface area (Å²) in [5, 5.41) is 2.81. The molecule has 0 bridgehead atoms. The number of carbonyl (C=O) groups excluding carboxylic acids is 2. The minimum atomic E-state index is -0.263. The summed E-state index contributed by atoms with van der Waals surface area (Å²) in [6, 6.07) is 19.1. The highest BCUT2D eigenvalue weighted by Crippen LogP contribution is 2.34. The summed E-state index contributed by atoms with van der Waals surface area (Å²) in [6.45, 7) is 0.674. The molecule has 1 N–H and O–H groups in total. The van der Waals surface area contributed by atoms with Crippen molar-refractivity contribution in [3.8, 4) is 0 Å². The molecule has 1 fully saturated rings. The van der Waals surface area contributed by atoms with E-state index >= 15 is 0 Å². The molecule has 1 aliphatic rings. The van der Waals surface area contributed by atoms with Crippen LogP contribution in [0.5, 0.6) is 0 Å². The highest BCUT2D eigenvalue weighted by molar-refractivity contribution is 5.94. The first kappa shape index (κ1) is 18.1. The summed E-state index contributed by atoms with van der Waals surface area (Å²) in [5.41, 5.74) is 1.73. The minimum absolute atomic E-state index is 0.0196. The van der Waals surface area contributed by atoms with Crippen LogP contribution in [-0.2, 0) is 14.3 Å². The van der Waals surface area contributed by atoms with E-state index in [4.69, 9.17) is 4.74 Å². The molecule has 1 saturated heterocycles. The highest BCUT2D eigenvalue weighted by atomic mass is 16.5. The second kappa shape index (κ2) is 8.63. The Labute approximate surface area is 154 Å². The summed E-state index contributed by atoms with van der Waals surface area (Å²) in [6.07, 6.45) is 1.37. The number of hydrogen-bond donors (Lipinski definition) is 1. The van der Waals surface area contributed by atoms with Gasteiger partial charge < -0.3 is 15.0 Å². The Kier molecular flexibility index (Phi) is 6.02. The predicted octanol–water partition coefficient (Wildman–Crippen LogP) is 3.25. The fourth-order valence-electron chi connectivity index (χ4n) is 3.30. The first-order valence-corrected chi connectivity index (χ1v) is 8.91. The summed E-state index contributed by atoms with van der Waals surface area (Å²) in [7, 11) is 1.67. The molecule has 5 nitrogen and oxygen atoms in total. The second-order valence-corrected chi connectivity index (χ2v) is 6.56. The van der Waals surface area contributed by atoms with E-state index in [2.05, 4.69) is 5.32 Å². The molecule has 0 saturated carbocycles. The molecule has 26 heavy (non-hydrogen) atoms. The third-order valence-electron chi connectivity index (χ3n) is 4.58. The van der Waals surface area contributed by atoms with Crippen LogP contribution in [-0.4, -0.2) is 36.9 Å². The van der Waals surface area contributed by atoms with E-state index in [1.54, 1.807) is 7.05 Å². The van der Waals surface area contributed by atoms with Crippen molar-refractivity contribution in [1.82, 2.24) is 4.90 Å². The smallest absolute Gasteiger partial charge is 0.243 e. The predicted molar refractivity (Wildman–Crippen MR) is 101 cm³/mol. The van der Waals surface area contributed by atoms with Crippen molar-refractivity contribution in [3.63, 3.8) is 0 Å². The van der Waals surface area contributed by atoms with Crippen LogP contribution in [0, 0.1) is 5.92 Å². The number of amides is 2. The van der Waals surface area contributed by atoms with Crippen LogP contribution >= 0.6 is 0 Å². The molecule has 0 spiro atoms. The summed E-state index contributed by atoms with van der Waals surface area (Å²) in [4.78, 5) is 26.7. The molecule has 1 heterocycles. The van der Waals surface area contributed by atoms with Crippen molar-refractivity contribution in [2.45, 2.75) is 18.9 Å². The molecule has 0 aliphatic carbocycles. The number of para-hydroxylation sites is 1. The zero-order chi connectivity index (χ0) is 18.4. The van der Waals surface area contributed by atoms with E-state index in [1.165, 1.54) is 4.90 Å². The van der Waals surface area contributed by atoms with Gasteiger partial charge in [-0.25, -0.2) is 0 Å². The maximum absolute atomic E-state index is 12.9. The van der Waals surface area contributed by atoms with Crippen LogP contribution in [0.3, 0.4) is 0 Å². The van der Waals surface area contributed by atoms with E-state index in [0.717, 1.165) is 24.1 Å². The van der Waals surface area contributed by atoms with Crippen molar-refractivity contribution in [2.24, 2.45) is 5.92 Å². The van der Waals surface area contributed by atoms with Gasteiger partial charge in [-0.2, -0.15) is 0 Å². The van der Waals surface area contributed by atoms with Crippen LogP contribution < -0.4 is 5.32 Å². The fourth-order valence-corrected chi connectivity index (χ4v) is 3.30. The molecule has 0 aromatic heterocycles. The molecular weight excluding hydrogens is 328 g/mol. The van der Waals surface area contributed by atoms with Gasteiger partial charge in [-0.1, -0.05) is 48.5 Å². The maximum Gasteiger partial charge on any atom is 0.243 e. The van der Waals surface area contributed by atoms with E-state index < -0.39 is 0 Å². The Morgan fingerprint density at radius 3 is 2.42 bits per heavy atom. The van der Waals surface area contributed by atoms with E-state index in [9.17, 15) is 9.59 Å². The topological polar surface area (TPSA) is 58.6 Å². The van der Waals surface area contributed by atoms with Gasteiger partial charge in [-0.15, -0.1) is 0 Å². The van der Waals surface area contributed by atoms with Gasteiger partial charge in [-0.3, -0.25) is 9.59 Å². The minimum Gasteiger partial charge on any atom is -0.373 e. The Hall–Kier alpha value is -2.66. The Bertz CT molecular complexity index is 733.